The molecule has 0 atom stereocenters. The number of aromatic nitrogens is 3. The minimum atomic E-state index is 0.631. The lowest BCUT2D eigenvalue weighted by atomic mass is 10.4. The van der Waals surface area contributed by atoms with Crippen molar-refractivity contribution in [2.75, 3.05) is 0 Å². The Morgan fingerprint density at radius 1 is 1.50 bits per heavy atom. The van der Waals surface area contributed by atoms with Crippen molar-refractivity contribution in [3.05, 3.63) is 23.5 Å². The molecule has 12 heavy (non-hydrogen) atoms. The number of carbonyl (C=O) groups excluding carboxylic acids is 1. The fraction of sp³-hybridized carbons (Fsp3) is 0. The Kier molecular flexibility index (Phi) is 1.71. The van der Waals surface area contributed by atoms with Crippen LogP contribution in [0.25, 0.3) is 10.6 Å². The third kappa shape index (κ3) is 1.14. The lowest BCUT2D eigenvalue weighted by molar-refractivity contribution is 0.112. The summed E-state index contributed by atoms with van der Waals surface area (Å²) in [6.45, 7) is 0. The number of aromatic amines is 1. The van der Waals surface area contributed by atoms with Crippen LogP contribution in [0.4, 0.5) is 0 Å². The number of thiazole rings is 1. The van der Waals surface area contributed by atoms with Gasteiger partial charge in [0.1, 0.15) is 5.01 Å². The van der Waals surface area contributed by atoms with Gasteiger partial charge in [0.2, 0.25) is 0 Å². The molecule has 0 saturated heterocycles. The van der Waals surface area contributed by atoms with E-state index in [1.54, 1.807) is 18.6 Å². The fourth-order valence-electron chi connectivity index (χ4n) is 0.842. The van der Waals surface area contributed by atoms with Gasteiger partial charge in [-0.15, -0.1) is 11.3 Å². The minimum Gasteiger partial charge on any atom is -0.297 e. The minimum absolute atomic E-state index is 0.631. The Morgan fingerprint density at radius 3 is 3.00 bits per heavy atom. The van der Waals surface area contributed by atoms with E-state index in [9.17, 15) is 4.79 Å². The Hall–Kier alpha value is -1.49. The maximum atomic E-state index is 10.3. The maximum Gasteiger partial charge on any atom is 0.161 e. The van der Waals surface area contributed by atoms with Crippen molar-refractivity contribution in [1.82, 2.24) is 15.2 Å². The van der Waals surface area contributed by atoms with Gasteiger partial charge in [-0.1, -0.05) is 0 Å². The standard InChI is InChI=1S/C7H5N3OS/c11-4-6-3-8-7(12-6)5-1-9-10-2-5/h1-4H,(H,9,10). The van der Waals surface area contributed by atoms with E-state index in [4.69, 9.17) is 0 Å². The quantitative estimate of drug-likeness (QED) is 0.708. The first-order valence-electron chi connectivity index (χ1n) is 3.30. The highest BCUT2D eigenvalue weighted by Crippen LogP contribution is 2.22. The lowest BCUT2D eigenvalue weighted by Gasteiger charge is -1.82. The van der Waals surface area contributed by atoms with Crippen molar-refractivity contribution >= 4 is 17.6 Å². The smallest absolute Gasteiger partial charge is 0.161 e. The van der Waals surface area contributed by atoms with Gasteiger partial charge < -0.3 is 0 Å². The van der Waals surface area contributed by atoms with Crippen molar-refractivity contribution in [2.45, 2.75) is 0 Å². The van der Waals surface area contributed by atoms with Gasteiger partial charge in [-0.05, 0) is 0 Å². The zero-order valence-electron chi connectivity index (χ0n) is 6.02. The highest BCUT2D eigenvalue weighted by atomic mass is 32.1. The molecule has 5 heteroatoms. The average Bonchev–Trinajstić information content (AvgIpc) is 2.75. The summed E-state index contributed by atoms with van der Waals surface area (Å²) in [7, 11) is 0. The zero-order valence-corrected chi connectivity index (χ0v) is 6.84. The van der Waals surface area contributed by atoms with Crippen molar-refractivity contribution in [2.24, 2.45) is 0 Å². The number of hydrogen-bond acceptors (Lipinski definition) is 4. The van der Waals surface area contributed by atoms with E-state index < -0.39 is 0 Å². The summed E-state index contributed by atoms with van der Waals surface area (Å²) in [5, 5.41) is 7.28. The first kappa shape index (κ1) is 7.17. The number of carbonyl (C=O) groups is 1. The monoisotopic (exact) mass is 179 g/mol. The summed E-state index contributed by atoms with van der Waals surface area (Å²) in [6.07, 6.45) is 5.77. The summed E-state index contributed by atoms with van der Waals surface area (Å²) >= 11 is 1.35. The first-order valence-corrected chi connectivity index (χ1v) is 4.12. The highest BCUT2D eigenvalue weighted by Gasteiger charge is 2.03. The van der Waals surface area contributed by atoms with Gasteiger partial charge >= 0.3 is 0 Å². The molecule has 0 bridgehead atoms. The van der Waals surface area contributed by atoms with Crippen molar-refractivity contribution in [3.63, 3.8) is 0 Å². The van der Waals surface area contributed by atoms with Gasteiger partial charge in [-0.2, -0.15) is 5.10 Å². The van der Waals surface area contributed by atoms with Gasteiger partial charge in [-0.3, -0.25) is 9.89 Å². The molecule has 2 heterocycles. The molecule has 2 aromatic rings. The molecule has 2 rings (SSSR count). The van der Waals surface area contributed by atoms with E-state index in [1.165, 1.54) is 11.3 Å². The van der Waals surface area contributed by atoms with E-state index in [0.29, 0.717) is 4.88 Å². The van der Waals surface area contributed by atoms with Gasteiger partial charge in [0.25, 0.3) is 0 Å². The van der Waals surface area contributed by atoms with E-state index in [2.05, 4.69) is 15.2 Å². The molecular formula is C7H5N3OS. The van der Waals surface area contributed by atoms with Gasteiger partial charge in [0.05, 0.1) is 11.1 Å². The number of rotatable bonds is 2. The predicted octanol–water partition coefficient (Wildman–Crippen LogP) is 1.35. The van der Waals surface area contributed by atoms with Crippen LogP contribution in [-0.2, 0) is 0 Å². The van der Waals surface area contributed by atoms with Crippen LogP contribution in [0.15, 0.2) is 18.6 Å². The van der Waals surface area contributed by atoms with Gasteiger partial charge in [0.15, 0.2) is 6.29 Å². The molecule has 1 N–H and O–H groups in total. The van der Waals surface area contributed by atoms with Gasteiger partial charge in [0, 0.05) is 18.0 Å². The summed E-state index contributed by atoms with van der Waals surface area (Å²) in [5.41, 5.74) is 0.910. The molecule has 4 nitrogen and oxygen atoms in total. The van der Waals surface area contributed by atoms with Crippen LogP contribution < -0.4 is 0 Å². The lowest BCUT2D eigenvalue weighted by Crippen LogP contribution is -1.66. The molecule has 0 aliphatic heterocycles. The van der Waals surface area contributed by atoms with Crippen LogP contribution in [0.1, 0.15) is 9.67 Å². The van der Waals surface area contributed by atoms with Crippen molar-refractivity contribution < 1.29 is 4.79 Å². The molecule has 0 aliphatic rings. The van der Waals surface area contributed by atoms with Gasteiger partial charge in [-0.25, -0.2) is 4.98 Å². The molecular weight excluding hydrogens is 174 g/mol. The number of aldehydes is 1. The maximum absolute atomic E-state index is 10.3. The van der Waals surface area contributed by atoms with Crippen molar-refractivity contribution in [3.8, 4) is 10.6 Å². The number of nitrogens with zero attached hydrogens (tertiary/aromatic N) is 2. The van der Waals surface area contributed by atoms with Crippen LogP contribution in [0.3, 0.4) is 0 Å². The van der Waals surface area contributed by atoms with Crippen LogP contribution >= 0.6 is 11.3 Å². The normalized spacial score (nSPS) is 10.0. The number of H-pyrrole nitrogens is 1. The van der Waals surface area contributed by atoms with E-state index in [-0.39, 0.29) is 0 Å². The van der Waals surface area contributed by atoms with Crippen molar-refractivity contribution in [1.29, 1.82) is 0 Å². The number of hydrogen-bond donors (Lipinski definition) is 1. The van der Waals surface area contributed by atoms with E-state index in [0.717, 1.165) is 16.9 Å². The summed E-state index contributed by atoms with van der Waals surface area (Å²) in [6, 6.07) is 0. The second-order valence-electron chi connectivity index (χ2n) is 2.17. The third-order valence-electron chi connectivity index (χ3n) is 1.38. The molecule has 0 aromatic carbocycles. The zero-order chi connectivity index (χ0) is 8.39. The highest BCUT2D eigenvalue weighted by molar-refractivity contribution is 7.16. The molecule has 2 aromatic heterocycles. The Bertz CT molecular complexity index is 379. The second-order valence-corrected chi connectivity index (χ2v) is 3.23. The molecule has 0 spiro atoms. The largest absolute Gasteiger partial charge is 0.297 e. The summed E-state index contributed by atoms with van der Waals surface area (Å²) in [5.74, 6) is 0. The third-order valence-corrected chi connectivity index (χ3v) is 2.36. The molecule has 0 fully saturated rings. The molecule has 0 unspecified atom stereocenters. The summed E-state index contributed by atoms with van der Waals surface area (Å²) in [4.78, 5) is 15.0. The average molecular weight is 179 g/mol. The SMILES string of the molecule is O=Cc1cnc(-c2cn[nH]c2)s1. The van der Waals surface area contributed by atoms with Crippen LogP contribution in [0.2, 0.25) is 0 Å². The van der Waals surface area contributed by atoms with E-state index >= 15 is 0 Å². The number of nitrogens with one attached hydrogen (secondary N) is 1. The van der Waals surface area contributed by atoms with Crippen LogP contribution in [-0.4, -0.2) is 21.5 Å². The Balaban J connectivity index is 2.41. The predicted molar refractivity (Wildman–Crippen MR) is 45.1 cm³/mol. The second kappa shape index (κ2) is 2.86. The molecule has 60 valence electrons. The topological polar surface area (TPSA) is 58.6 Å². The Labute approximate surface area is 72.3 Å². The first-order chi connectivity index (χ1) is 5.90. The van der Waals surface area contributed by atoms with Crippen LogP contribution in [0.5, 0.6) is 0 Å². The van der Waals surface area contributed by atoms with E-state index in [1.807, 2.05) is 0 Å². The molecule has 0 saturated carbocycles. The Morgan fingerprint density at radius 2 is 2.42 bits per heavy atom. The fourth-order valence-corrected chi connectivity index (χ4v) is 1.55. The molecule has 0 aliphatic carbocycles. The summed E-state index contributed by atoms with van der Waals surface area (Å²) < 4.78 is 0. The molecule has 0 amide bonds. The van der Waals surface area contributed by atoms with Crippen LogP contribution in [0, 0.1) is 0 Å². The molecule has 0 radical (unpaired) electrons.